The van der Waals surface area contributed by atoms with Crippen LogP contribution in [-0.4, -0.2) is 0 Å². The third kappa shape index (κ3) is 2.40. The van der Waals surface area contributed by atoms with Crippen LogP contribution in [0.15, 0.2) is 60.7 Å². The van der Waals surface area contributed by atoms with Crippen molar-refractivity contribution in [2.75, 3.05) is 5.32 Å². The SMILES string of the molecule is Fc1ccc(F)c(Nc2ccc3ccccc3c2)c1. The Kier molecular flexibility index (Phi) is 2.88. The van der Waals surface area contributed by atoms with E-state index in [4.69, 9.17) is 0 Å². The molecule has 1 nitrogen and oxygen atoms in total. The van der Waals surface area contributed by atoms with Gasteiger partial charge in [-0.2, -0.15) is 0 Å². The van der Waals surface area contributed by atoms with E-state index in [9.17, 15) is 8.78 Å². The largest absolute Gasteiger partial charge is 0.353 e. The first-order chi connectivity index (χ1) is 9.22. The van der Waals surface area contributed by atoms with Gasteiger partial charge >= 0.3 is 0 Å². The summed E-state index contributed by atoms with van der Waals surface area (Å²) < 4.78 is 26.6. The summed E-state index contributed by atoms with van der Waals surface area (Å²) in [6.07, 6.45) is 0. The number of halogens is 2. The quantitative estimate of drug-likeness (QED) is 0.689. The number of anilines is 2. The third-order valence-corrected chi connectivity index (χ3v) is 2.96. The molecule has 0 heterocycles. The van der Waals surface area contributed by atoms with Crippen LogP contribution in [0.5, 0.6) is 0 Å². The summed E-state index contributed by atoms with van der Waals surface area (Å²) in [5.74, 6) is -0.945. The molecule has 0 saturated carbocycles. The van der Waals surface area contributed by atoms with E-state index in [1.54, 1.807) is 0 Å². The van der Waals surface area contributed by atoms with Crippen LogP contribution in [0.4, 0.5) is 20.2 Å². The summed E-state index contributed by atoms with van der Waals surface area (Å²) in [7, 11) is 0. The molecule has 0 aromatic heterocycles. The van der Waals surface area contributed by atoms with Gasteiger partial charge in [-0.25, -0.2) is 8.78 Å². The number of benzene rings is 3. The molecule has 3 aromatic carbocycles. The van der Waals surface area contributed by atoms with E-state index in [0.717, 1.165) is 34.7 Å². The predicted octanol–water partition coefficient (Wildman–Crippen LogP) is 4.86. The predicted molar refractivity (Wildman–Crippen MR) is 73.6 cm³/mol. The van der Waals surface area contributed by atoms with Gasteiger partial charge in [-0.1, -0.05) is 30.3 Å². The molecule has 0 aliphatic rings. The molecule has 0 bridgehead atoms. The molecule has 0 aliphatic carbocycles. The van der Waals surface area contributed by atoms with Crippen molar-refractivity contribution >= 4 is 22.1 Å². The highest BCUT2D eigenvalue weighted by Gasteiger charge is 2.04. The summed E-state index contributed by atoms with van der Waals surface area (Å²) >= 11 is 0. The van der Waals surface area contributed by atoms with Crippen LogP contribution in [0.2, 0.25) is 0 Å². The minimum Gasteiger partial charge on any atom is -0.353 e. The van der Waals surface area contributed by atoms with E-state index in [2.05, 4.69) is 5.32 Å². The summed E-state index contributed by atoms with van der Waals surface area (Å²) in [5.41, 5.74) is 0.860. The Hall–Kier alpha value is -2.42. The molecule has 3 rings (SSSR count). The highest BCUT2D eigenvalue weighted by molar-refractivity contribution is 5.86. The second-order valence-corrected chi connectivity index (χ2v) is 4.31. The summed E-state index contributed by atoms with van der Waals surface area (Å²) in [6.45, 7) is 0. The summed E-state index contributed by atoms with van der Waals surface area (Å²) in [5, 5.41) is 5.04. The fraction of sp³-hybridized carbons (Fsp3) is 0. The van der Waals surface area contributed by atoms with Crippen molar-refractivity contribution in [3.05, 3.63) is 72.3 Å². The van der Waals surface area contributed by atoms with Gasteiger partial charge < -0.3 is 5.32 Å². The number of nitrogens with one attached hydrogen (secondary N) is 1. The maximum Gasteiger partial charge on any atom is 0.146 e. The average Bonchev–Trinajstić information content (AvgIpc) is 2.43. The molecule has 0 unspecified atom stereocenters. The monoisotopic (exact) mass is 255 g/mol. The Morgan fingerprint density at radius 2 is 1.53 bits per heavy atom. The van der Waals surface area contributed by atoms with Crippen LogP contribution in [0.3, 0.4) is 0 Å². The molecule has 0 amide bonds. The zero-order valence-corrected chi connectivity index (χ0v) is 10.0. The molecule has 0 aliphatic heterocycles. The van der Waals surface area contributed by atoms with Gasteiger partial charge in [0.25, 0.3) is 0 Å². The highest BCUT2D eigenvalue weighted by atomic mass is 19.1. The second kappa shape index (κ2) is 4.69. The average molecular weight is 255 g/mol. The Morgan fingerprint density at radius 3 is 2.37 bits per heavy atom. The van der Waals surface area contributed by atoms with Crippen LogP contribution >= 0.6 is 0 Å². The summed E-state index contributed by atoms with van der Waals surface area (Å²) in [4.78, 5) is 0. The van der Waals surface area contributed by atoms with Crippen molar-refractivity contribution in [2.45, 2.75) is 0 Å². The number of hydrogen-bond acceptors (Lipinski definition) is 1. The molecular weight excluding hydrogens is 244 g/mol. The van der Waals surface area contributed by atoms with Crippen molar-refractivity contribution in [3.63, 3.8) is 0 Å². The lowest BCUT2D eigenvalue weighted by Crippen LogP contribution is -1.94. The number of hydrogen-bond donors (Lipinski definition) is 1. The lowest BCUT2D eigenvalue weighted by molar-refractivity contribution is 0.603. The Morgan fingerprint density at radius 1 is 0.737 bits per heavy atom. The smallest absolute Gasteiger partial charge is 0.146 e. The zero-order valence-electron chi connectivity index (χ0n) is 10.0. The van der Waals surface area contributed by atoms with Gasteiger partial charge in [0.2, 0.25) is 0 Å². The van der Waals surface area contributed by atoms with Crippen LogP contribution in [0, 0.1) is 11.6 Å². The Balaban J connectivity index is 1.98. The molecular formula is C16H11F2N. The molecule has 1 N–H and O–H groups in total. The van der Waals surface area contributed by atoms with E-state index in [0.29, 0.717) is 0 Å². The van der Waals surface area contributed by atoms with Crippen LogP contribution in [0.25, 0.3) is 10.8 Å². The van der Waals surface area contributed by atoms with Gasteiger partial charge in [0, 0.05) is 11.8 Å². The standard InChI is InChI=1S/C16H11F2N/c17-13-6-8-15(18)16(10-13)19-14-7-5-11-3-1-2-4-12(11)9-14/h1-10,19H. The van der Waals surface area contributed by atoms with Crippen molar-refractivity contribution in [1.82, 2.24) is 0 Å². The molecule has 3 heteroatoms. The second-order valence-electron chi connectivity index (χ2n) is 4.31. The maximum atomic E-state index is 13.5. The van der Waals surface area contributed by atoms with Crippen LogP contribution in [0.1, 0.15) is 0 Å². The molecule has 19 heavy (non-hydrogen) atoms. The van der Waals surface area contributed by atoms with Gasteiger partial charge in [-0.05, 0) is 35.0 Å². The Labute approximate surface area is 109 Å². The van der Waals surface area contributed by atoms with E-state index in [1.807, 2.05) is 42.5 Å². The van der Waals surface area contributed by atoms with Crippen LogP contribution in [-0.2, 0) is 0 Å². The molecule has 0 radical (unpaired) electrons. The van der Waals surface area contributed by atoms with Gasteiger partial charge in [-0.3, -0.25) is 0 Å². The van der Waals surface area contributed by atoms with Crippen molar-refractivity contribution in [3.8, 4) is 0 Å². The zero-order chi connectivity index (χ0) is 13.2. The fourth-order valence-electron chi connectivity index (χ4n) is 2.02. The van der Waals surface area contributed by atoms with Crippen molar-refractivity contribution in [2.24, 2.45) is 0 Å². The third-order valence-electron chi connectivity index (χ3n) is 2.96. The fourth-order valence-corrected chi connectivity index (χ4v) is 2.02. The first-order valence-corrected chi connectivity index (χ1v) is 5.93. The van der Waals surface area contributed by atoms with Gasteiger partial charge in [0.1, 0.15) is 11.6 Å². The normalized spacial score (nSPS) is 10.6. The van der Waals surface area contributed by atoms with Crippen LogP contribution < -0.4 is 5.32 Å². The molecule has 0 fully saturated rings. The van der Waals surface area contributed by atoms with Gasteiger partial charge in [0.15, 0.2) is 0 Å². The number of fused-ring (bicyclic) bond motifs is 1. The van der Waals surface area contributed by atoms with Gasteiger partial charge in [0.05, 0.1) is 5.69 Å². The van der Waals surface area contributed by atoms with E-state index in [1.165, 1.54) is 0 Å². The number of rotatable bonds is 2. The molecule has 0 spiro atoms. The lowest BCUT2D eigenvalue weighted by Gasteiger charge is -2.08. The highest BCUT2D eigenvalue weighted by Crippen LogP contribution is 2.24. The van der Waals surface area contributed by atoms with E-state index >= 15 is 0 Å². The molecule has 0 saturated heterocycles. The van der Waals surface area contributed by atoms with Crippen molar-refractivity contribution in [1.29, 1.82) is 0 Å². The van der Waals surface area contributed by atoms with Gasteiger partial charge in [-0.15, -0.1) is 0 Å². The first-order valence-electron chi connectivity index (χ1n) is 5.93. The Bertz CT molecular complexity index is 738. The molecule has 94 valence electrons. The summed E-state index contributed by atoms with van der Waals surface area (Å²) in [6, 6.07) is 16.9. The molecule has 3 aromatic rings. The molecule has 0 atom stereocenters. The minimum atomic E-state index is -0.477. The van der Waals surface area contributed by atoms with E-state index in [-0.39, 0.29) is 5.69 Å². The first kappa shape index (κ1) is 11.7. The lowest BCUT2D eigenvalue weighted by atomic mass is 10.1. The van der Waals surface area contributed by atoms with E-state index < -0.39 is 11.6 Å². The maximum absolute atomic E-state index is 13.5. The minimum absolute atomic E-state index is 0.135. The topological polar surface area (TPSA) is 12.0 Å². The van der Waals surface area contributed by atoms with Crippen molar-refractivity contribution < 1.29 is 8.78 Å².